The van der Waals surface area contributed by atoms with Gasteiger partial charge in [-0.25, -0.2) is 0 Å². The molecule has 5 heteroatoms. The van der Waals surface area contributed by atoms with Gasteiger partial charge in [-0.2, -0.15) is 13.2 Å². The van der Waals surface area contributed by atoms with Gasteiger partial charge in [0.2, 0.25) is 0 Å². The largest absolute Gasteiger partial charge is 0.411 e. The maximum absolute atomic E-state index is 11.3. The van der Waals surface area contributed by atoms with E-state index in [-0.39, 0.29) is 6.61 Å². The molecule has 0 aromatic heterocycles. The molecule has 0 aliphatic heterocycles. The zero-order valence-corrected chi connectivity index (χ0v) is 5.12. The van der Waals surface area contributed by atoms with E-state index < -0.39 is 19.5 Å². The Labute approximate surface area is 56.0 Å². The first-order chi connectivity index (χ1) is 4.56. The van der Waals surface area contributed by atoms with Crippen LogP contribution in [0, 0.1) is 6.42 Å². The Morgan fingerprint density at radius 3 is 2.30 bits per heavy atom. The molecule has 0 saturated heterocycles. The molecule has 0 aromatic rings. The molecule has 10 heavy (non-hydrogen) atoms. The summed E-state index contributed by atoms with van der Waals surface area (Å²) < 4.78 is 49.0. The minimum Gasteiger partial charge on any atom is -0.372 e. The van der Waals surface area contributed by atoms with Crippen molar-refractivity contribution in [2.45, 2.75) is 6.18 Å². The number of alkyl halides is 4. The van der Waals surface area contributed by atoms with Crippen LogP contribution < -0.4 is 0 Å². The number of rotatable bonds is 4. The van der Waals surface area contributed by atoms with Crippen molar-refractivity contribution in [2.24, 2.45) is 0 Å². The predicted molar refractivity (Wildman–Crippen MR) is 27.1 cm³/mol. The fraction of sp³-hybridized carbons (Fsp3) is 0.800. The second-order valence-electron chi connectivity index (χ2n) is 1.57. The topological polar surface area (TPSA) is 9.23 Å². The van der Waals surface area contributed by atoms with Crippen LogP contribution in [0.4, 0.5) is 17.6 Å². The lowest BCUT2D eigenvalue weighted by molar-refractivity contribution is -0.172. The Morgan fingerprint density at radius 2 is 1.90 bits per heavy atom. The van der Waals surface area contributed by atoms with Gasteiger partial charge in [-0.05, 0) is 0 Å². The second-order valence-corrected chi connectivity index (χ2v) is 1.57. The molecule has 0 fully saturated rings. The summed E-state index contributed by atoms with van der Waals surface area (Å²) >= 11 is 0. The first-order valence-corrected chi connectivity index (χ1v) is 2.58. The summed E-state index contributed by atoms with van der Waals surface area (Å²) in [6.07, 6.45) is -3.34. The highest BCUT2D eigenvalue weighted by molar-refractivity contribution is 4.60. The van der Waals surface area contributed by atoms with Gasteiger partial charge in [-0.3, -0.25) is 4.39 Å². The number of halogens is 4. The van der Waals surface area contributed by atoms with Crippen LogP contribution in [0.3, 0.4) is 0 Å². The van der Waals surface area contributed by atoms with Crippen LogP contribution in [0.5, 0.6) is 0 Å². The Kier molecular flexibility index (Phi) is 4.34. The van der Waals surface area contributed by atoms with Crippen LogP contribution in [0.25, 0.3) is 0 Å². The third-order valence-corrected chi connectivity index (χ3v) is 0.611. The van der Waals surface area contributed by atoms with Gasteiger partial charge >= 0.3 is 6.18 Å². The molecular weight excluding hydrogens is 152 g/mol. The standard InChI is InChI=1S/C5H7F4O/c6-2-1-3-10-4-5(7,8)9/h1H,2-4H2. The molecule has 0 aliphatic rings. The van der Waals surface area contributed by atoms with E-state index in [0.717, 1.165) is 6.42 Å². The van der Waals surface area contributed by atoms with Crippen LogP contribution >= 0.6 is 0 Å². The van der Waals surface area contributed by atoms with E-state index in [9.17, 15) is 17.6 Å². The van der Waals surface area contributed by atoms with Crippen molar-refractivity contribution in [3.63, 3.8) is 0 Å². The van der Waals surface area contributed by atoms with E-state index in [1.807, 2.05) is 0 Å². The lowest BCUT2D eigenvalue weighted by Crippen LogP contribution is -2.17. The van der Waals surface area contributed by atoms with Gasteiger partial charge in [0.15, 0.2) is 0 Å². The van der Waals surface area contributed by atoms with Crippen molar-refractivity contribution in [3.8, 4) is 0 Å². The average molecular weight is 159 g/mol. The summed E-state index contributed by atoms with van der Waals surface area (Å²) in [4.78, 5) is 0. The van der Waals surface area contributed by atoms with Crippen molar-refractivity contribution >= 4 is 0 Å². The molecule has 0 bridgehead atoms. The van der Waals surface area contributed by atoms with E-state index in [2.05, 4.69) is 4.74 Å². The minimum atomic E-state index is -4.32. The zero-order valence-electron chi connectivity index (χ0n) is 5.12. The van der Waals surface area contributed by atoms with Crippen molar-refractivity contribution < 1.29 is 22.3 Å². The Balaban J connectivity index is 3.04. The average Bonchev–Trinajstić information content (AvgIpc) is 1.78. The zero-order chi connectivity index (χ0) is 8.04. The second kappa shape index (κ2) is 4.49. The van der Waals surface area contributed by atoms with Crippen LogP contribution in [0.15, 0.2) is 0 Å². The highest BCUT2D eigenvalue weighted by atomic mass is 19.4. The lowest BCUT2D eigenvalue weighted by atomic mass is 10.5. The SMILES string of the molecule is FC[CH]COCC(F)(F)F. The highest BCUT2D eigenvalue weighted by Gasteiger charge is 2.26. The molecule has 0 aliphatic carbocycles. The van der Waals surface area contributed by atoms with E-state index in [1.54, 1.807) is 0 Å². The van der Waals surface area contributed by atoms with E-state index in [4.69, 9.17) is 0 Å². The monoisotopic (exact) mass is 159 g/mol. The summed E-state index contributed by atoms with van der Waals surface area (Å²) in [6, 6.07) is 0. The molecule has 0 heterocycles. The maximum atomic E-state index is 11.3. The summed E-state index contributed by atoms with van der Waals surface area (Å²) in [6.45, 7) is -2.38. The quantitative estimate of drug-likeness (QED) is 0.448. The third kappa shape index (κ3) is 7.68. The molecule has 0 atom stereocenters. The molecule has 0 rings (SSSR count). The first kappa shape index (κ1) is 9.68. The Bertz CT molecular complexity index is 80.2. The van der Waals surface area contributed by atoms with Crippen LogP contribution in [0.2, 0.25) is 0 Å². The predicted octanol–water partition coefficient (Wildman–Crippen LogP) is 1.74. The molecule has 61 valence electrons. The third-order valence-electron chi connectivity index (χ3n) is 0.611. The molecule has 0 unspecified atom stereocenters. The van der Waals surface area contributed by atoms with Gasteiger partial charge in [0.05, 0.1) is 13.3 Å². The van der Waals surface area contributed by atoms with Crippen molar-refractivity contribution in [3.05, 3.63) is 6.42 Å². The molecular formula is C5H7F4O. The van der Waals surface area contributed by atoms with Crippen molar-refractivity contribution in [1.29, 1.82) is 0 Å². The summed E-state index contributed by atoms with van der Waals surface area (Å²) in [5, 5.41) is 0. The van der Waals surface area contributed by atoms with Crippen LogP contribution in [-0.4, -0.2) is 26.1 Å². The molecule has 1 radical (unpaired) electrons. The van der Waals surface area contributed by atoms with E-state index >= 15 is 0 Å². The normalized spacial score (nSPS) is 12.0. The van der Waals surface area contributed by atoms with Gasteiger partial charge in [0, 0.05) is 6.42 Å². The molecule has 1 nitrogen and oxygen atoms in total. The Hall–Kier alpha value is -0.320. The highest BCUT2D eigenvalue weighted by Crippen LogP contribution is 2.14. The lowest BCUT2D eigenvalue weighted by Gasteiger charge is -2.05. The van der Waals surface area contributed by atoms with Crippen LogP contribution in [0.1, 0.15) is 0 Å². The summed E-state index contributed by atoms with van der Waals surface area (Å²) in [5.74, 6) is 0. The molecule has 0 N–H and O–H groups in total. The van der Waals surface area contributed by atoms with Crippen LogP contribution in [-0.2, 0) is 4.74 Å². The van der Waals surface area contributed by atoms with Gasteiger partial charge < -0.3 is 4.74 Å². The minimum absolute atomic E-state index is 0.296. The number of hydrogen-bond acceptors (Lipinski definition) is 1. The number of hydrogen-bond donors (Lipinski definition) is 0. The summed E-state index contributed by atoms with van der Waals surface area (Å²) in [7, 11) is 0. The fourth-order valence-corrected chi connectivity index (χ4v) is 0.303. The van der Waals surface area contributed by atoms with Crippen molar-refractivity contribution in [2.75, 3.05) is 19.9 Å². The first-order valence-electron chi connectivity index (χ1n) is 2.58. The van der Waals surface area contributed by atoms with Crippen molar-refractivity contribution in [1.82, 2.24) is 0 Å². The van der Waals surface area contributed by atoms with E-state index in [1.165, 1.54) is 0 Å². The molecule has 0 amide bonds. The Morgan fingerprint density at radius 1 is 1.30 bits per heavy atom. The van der Waals surface area contributed by atoms with Gasteiger partial charge in [0.1, 0.15) is 6.61 Å². The fourth-order valence-electron chi connectivity index (χ4n) is 0.303. The van der Waals surface area contributed by atoms with Gasteiger partial charge in [-0.15, -0.1) is 0 Å². The number of ether oxygens (including phenoxy) is 1. The maximum Gasteiger partial charge on any atom is 0.411 e. The molecule has 0 aromatic carbocycles. The summed E-state index contributed by atoms with van der Waals surface area (Å²) in [5.41, 5.74) is 0. The van der Waals surface area contributed by atoms with Gasteiger partial charge in [-0.1, -0.05) is 0 Å². The molecule has 0 spiro atoms. The van der Waals surface area contributed by atoms with E-state index in [0.29, 0.717) is 0 Å². The smallest absolute Gasteiger partial charge is 0.372 e. The van der Waals surface area contributed by atoms with Gasteiger partial charge in [0.25, 0.3) is 0 Å². The molecule has 0 saturated carbocycles.